The Bertz CT molecular complexity index is 864. The van der Waals surface area contributed by atoms with Crippen molar-refractivity contribution in [2.24, 2.45) is 0 Å². The van der Waals surface area contributed by atoms with Crippen molar-refractivity contribution in [2.75, 3.05) is 0 Å². The lowest BCUT2D eigenvalue weighted by Gasteiger charge is -2.17. The first-order chi connectivity index (χ1) is 12.1. The molecule has 1 aromatic heterocycles. The van der Waals surface area contributed by atoms with E-state index in [2.05, 4.69) is 4.98 Å². The van der Waals surface area contributed by atoms with Gasteiger partial charge in [-0.15, -0.1) is 0 Å². The Morgan fingerprint density at radius 1 is 0.880 bits per heavy atom. The van der Waals surface area contributed by atoms with Crippen LogP contribution in [0.25, 0.3) is 0 Å². The van der Waals surface area contributed by atoms with Gasteiger partial charge >= 0.3 is 5.97 Å². The number of hydrogen-bond donors (Lipinski definition) is 0. The topological polar surface area (TPSA) is 56.3 Å². The number of benzene rings is 2. The van der Waals surface area contributed by atoms with Gasteiger partial charge in [-0.2, -0.15) is 0 Å². The lowest BCUT2D eigenvalue weighted by atomic mass is 10.00. The second kappa shape index (κ2) is 7.73. The smallest absolute Gasteiger partial charge is 0.340 e. The fourth-order valence-electron chi connectivity index (χ4n) is 2.32. The summed E-state index contributed by atoms with van der Waals surface area (Å²) < 4.78 is 5.51. The largest absolute Gasteiger partial charge is 0.445 e. The van der Waals surface area contributed by atoms with Crippen LogP contribution in [0, 0.1) is 0 Å². The molecule has 0 fully saturated rings. The molecule has 0 saturated heterocycles. The number of carbonyl (C=O) groups is 2. The molecule has 0 N–H and O–H groups in total. The van der Waals surface area contributed by atoms with Crippen LogP contribution in [0.2, 0.25) is 5.02 Å². The number of esters is 1. The zero-order valence-corrected chi connectivity index (χ0v) is 13.9. The molecule has 124 valence electrons. The van der Waals surface area contributed by atoms with Gasteiger partial charge in [-0.3, -0.25) is 9.78 Å². The number of ketones is 1. The first-order valence-electron chi connectivity index (χ1n) is 7.61. The molecule has 25 heavy (non-hydrogen) atoms. The maximum absolute atomic E-state index is 12.9. The zero-order chi connectivity index (χ0) is 17.6. The normalized spacial score (nSPS) is 11.6. The number of pyridine rings is 1. The van der Waals surface area contributed by atoms with E-state index in [1.165, 1.54) is 6.20 Å². The fraction of sp³-hybridized carbons (Fsp3) is 0.0500. The van der Waals surface area contributed by atoms with Gasteiger partial charge in [-0.05, 0) is 24.3 Å². The number of Topliss-reactive ketones (excluding diaryl/α,β-unsaturated/α-hetero) is 1. The van der Waals surface area contributed by atoms with Crippen molar-refractivity contribution in [2.45, 2.75) is 6.10 Å². The fourth-order valence-corrected chi connectivity index (χ4v) is 2.45. The number of carbonyl (C=O) groups excluding carboxylic acids is 2. The Morgan fingerprint density at radius 3 is 2.20 bits per heavy atom. The number of ether oxygens (including phenoxy) is 1. The first kappa shape index (κ1) is 16.9. The third-order valence-electron chi connectivity index (χ3n) is 3.59. The molecule has 0 bridgehead atoms. The Labute approximate surface area is 150 Å². The van der Waals surface area contributed by atoms with Crippen molar-refractivity contribution in [3.63, 3.8) is 0 Å². The van der Waals surface area contributed by atoms with Crippen molar-refractivity contribution in [3.8, 4) is 0 Å². The molecule has 2 aromatic carbocycles. The van der Waals surface area contributed by atoms with Crippen LogP contribution in [0.3, 0.4) is 0 Å². The van der Waals surface area contributed by atoms with E-state index >= 15 is 0 Å². The van der Waals surface area contributed by atoms with Gasteiger partial charge in [0.1, 0.15) is 0 Å². The lowest BCUT2D eigenvalue weighted by Crippen LogP contribution is -2.20. The molecule has 0 aliphatic carbocycles. The van der Waals surface area contributed by atoms with Gasteiger partial charge < -0.3 is 4.74 Å². The molecule has 0 spiro atoms. The highest BCUT2D eigenvalue weighted by molar-refractivity contribution is 6.30. The molecular weight excluding hydrogens is 338 g/mol. The Morgan fingerprint density at radius 2 is 1.56 bits per heavy atom. The molecule has 0 amide bonds. The molecule has 0 radical (unpaired) electrons. The summed E-state index contributed by atoms with van der Waals surface area (Å²) in [6.45, 7) is 0. The molecule has 3 rings (SSSR count). The first-order valence-corrected chi connectivity index (χ1v) is 7.98. The number of rotatable bonds is 5. The average Bonchev–Trinajstić information content (AvgIpc) is 2.67. The van der Waals surface area contributed by atoms with E-state index in [-0.39, 0.29) is 11.3 Å². The van der Waals surface area contributed by atoms with Crippen molar-refractivity contribution < 1.29 is 14.3 Å². The third-order valence-corrected chi connectivity index (χ3v) is 3.84. The molecule has 0 unspecified atom stereocenters. The molecule has 0 saturated carbocycles. The van der Waals surface area contributed by atoms with Crippen molar-refractivity contribution in [1.82, 2.24) is 4.98 Å². The highest BCUT2D eigenvalue weighted by atomic mass is 35.5. The maximum Gasteiger partial charge on any atom is 0.340 e. The van der Waals surface area contributed by atoms with Crippen LogP contribution in [0.15, 0.2) is 79.1 Å². The van der Waals surface area contributed by atoms with Crippen molar-refractivity contribution in [1.29, 1.82) is 0 Å². The Balaban J connectivity index is 1.93. The molecule has 1 atom stereocenters. The maximum atomic E-state index is 12.9. The van der Waals surface area contributed by atoms with Crippen LogP contribution < -0.4 is 0 Å². The second-order valence-electron chi connectivity index (χ2n) is 5.31. The molecule has 3 aromatic rings. The van der Waals surface area contributed by atoms with E-state index in [1.807, 2.05) is 6.07 Å². The highest BCUT2D eigenvalue weighted by Gasteiger charge is 2.26. The standard InChI is InChI=1S/C20H14ClNO3/c21-17-10-8-15(9-11-17)19(18(23)14-5-2-1-3-6-14)25-20(24)16-7-4-12-22-13-16/h1-13,19H/t19-/m0/s1. The van der Waals surface area contributed by atoms with Gasteiger partial charge in [0, 0.05) is 28.5 Å². The van der Waals surface area contributed by atoms with E-state index in [0.717, 1.165) is 0 Å². The Kier molecular flexibility index (Phi) is 5.21. The van der Waals surface area contributed by atoms with Crippen LogP contribution in [0.5, 0.6) is 0 Å². The van der Waals surface area contributed by atoms with Crippen LogP contribution in [-0.2, 0) is 4.74 Å². The highest BCUT2D eigenvalue weighted by Crippen LogP contribution is 2.25. The summed E-state index contributed by atoms with van der Waals surface area (Å²) in [6.07, 6.45) is 1.89. The van der Waals surface area contributed by atoms with Gasteiger partial charge in [0.2, 0.25) is 5.78 Å². The van der Waals surface area contributed by atoms with Gasteiger partial charge in [0.15, 0.2) is 6.10 Å². The predicted octanol–water partition coefficient (Wildman–Crippen LogP) is 4.52. The molecule has 5 heteroatoms. The van der Waals surface area contributed by atoms with Crippen LogP contribution in [0.1, 0.15) is 32.4 Å². The predicted molar refractivity (Wildman–Crippen MR) is 94.6 cm³/mol. The second-order valence-corrected chi connectivity index (χ2v) is 5.75. The van der Waals surface area contributed by atoms with Crippen molar-refractivity contribution >= 4 is 23.4 Å². The van der Waals surface area contributed by atoms with Crippen LogP contribution in [-0.4, -0.2) is 16.7 Å². The SMILES string of the molecule is O=C(O[C@H](C(=O)c1ccccc1)c1ccc(Cl)cc1)c1cccnc1. The molecule has 1 heterocycles. The summed E-state index contributed by atoms with van der Waals surface area (Å²) in [5, 5.41) is 0.535. The van der Waals surface area contributed by atoms with E-state index in [4.69, 9.17) is 16.3 Å². The summed E-state index contributed by atoms with van der Waals surface area (Å²) in [5.41, 5.74) is 1.29. The average molecular weight is 352 g/mol. The number of halogens is 1. The molecule has 4 nitrogen and oxygen atoms in total. The molecular formula is C20H14ClNO3. The van der Waals surface area contributed by atoms with E-state index < -0.39 is 12.1 Å². The third kappa shape index (κ3) is 4.11. The summed E-state index contributed by atoms with van der Waals surface area (Å²) in [7, 11) is 0. The molecule has 0 aliphatic rings. The van der Waals surface area contributed by atoms with Gasteiger partial charge in [-0.25, -0.2) is 4.79 Å². The quantitative estimate of drug-likeness (QED) is 0.501. The van der Waals surface area contributed by atoms with Gasteiger partial charge in [0.25, 0.3) is 0 Å². The summed E-state index contributed by atoms with van der Waals surface area (Å²) in [5.74, 6) is -0.919. The van der Waals surface area contributed by atoms with Gasteiger partial charge in [-0.1, -0.05) is 54.1 Å². The van der Waals surface area contributed by atoms with E-state index in [1.54, 1.807) is 66.9 Å². The van der Waals surface area contributed by atoms with E-state index in [0.29, 0.717) is 16.1 Å². The van der Waals surface area contributed by atoms with Gasteiger partial charge in [0.05, 0.1) is 5.56 Å². The minimum absolute atomic E-state index is 0.280. The number of aromatic nitrogens is 1. The van der Waals surface area contributed by atoms with Crippen LogP contribution in [0.4, 0.5) is 0 Å². The van der Waals surface area contributed by atoms with E-state index in [9.17, 15) is 9.59 Å². The Hall–Kier alpha value is -2.98. The lowest BCUT2D eigenvalue weighted by molar-refractivity contribution is 0.0279. The number of hydrogen-bond acceptors (Lipinski definition) is 4. The molecule has 0 aliphatic heterocycles. The minimum Gasteiger partial charge on any atom is -0.445 e. The minimum atomic E-state index is -1.06. The van der Waals surface area contributed by atoms with Crippen molar-refractivity contribution in [3.05, 3.63) is 101 Å². The summed E-state index contributed by atoms with van der Waals surface area (Å²) >= 11 is 5.91. The monoisotopic (exact) mass is 351 g/mol. The summed E-state index contributed by atoms with van der Waals surface area (Å²) in [6, 6.07) is 18.6. The number of nitrogens with zero attached hydrogens (tertiary/aromatic N) is 1. The zero-order valence-electron chi connectivity index (χ0n) is 13.1. The van der Waals surface area contributed by atoms with Crippen LogP contribution >= 0.6 is 11.6 Å². The summed E-state index contributed by atoms with van der Waals surface area (Å²) in [4.78, 5) is 29.2.